The summed E-state index contributed by atoms with van der Waals surface area (Å²) >= 11 is 0. The molecule has 0 bridgehead atoms. The highest BCUT2D eigenvalue weighted by Crippen LogP contribution is 2.28. The number of methoxy groups -OCH3 is 1. The fourth-order valence-corrected chi connectivity index (χ4v) is 2.44. The monoisotopic (exact) mass is 219 g/mol. The van der Waals surface area contributed by atoms with Gasteiger partial charge in [0.25, 0.3) is 0 Å². The van der Waals surface area contributed by atoms with E-state index in [1.807, 2.05) is 6.92 Å². The summed E-state index contributed by atoms with van der Waals surface area (Å²) in [5.41, 5.74) is 4.19. The minimum Gasteiger partial charge on any atom is -0.377 e. The topological polar surface area (TPSA) is 31.2 Å². The van der Waals surface area contributed by atoms with Gasteiger partial charge in [0.15, 0.2) is 6.29 Å². The van der Waals surface area contributed by atoms with E-state index >= 15 is 0 Å². The van der Waals surface area contributed by atoms with E-state index in [9.17, 15) is 4.79 Å². The van der Waals surface area contributed by atoms with E-state index in [1.165, 1.54) is 0 Å². The van der Waals surface area contributed by atoms with E-state index < -0.39 is 0 Å². The third-order valence-corrected chi connectivity index (χ3v) is 3.33. The highest BCUT2D eigenvalue weighted by Gasteiger charge is 2.22. The number of aromatic nitrogens is 1. The van der Waals surface area contributed by atoms with Crippen LogP contribution >= 0.6 is 0 Å². The third-order valence-electron chi connectivity index (χ3n) is 3.33. The first-order chi connectivity index (χ1) is 7.72. The third kappa shape index (κ3) is 1.52. The largest absolute Gasteiger partial charge is 0.377 e. The summed E-state index contributed by atoms with van der Waals surface area (Å²) in [5, 5.41) is 0. The number of ether oxygens (including phenoxy) is 1. The van der Waals surface area contributed by atoms with Crippen molar-refractivity contribution in [3.63, 3.8) is 0 Å². The number of hydrogen-bond donors (Lipinski definition) is 0. The van der Waals surface area contributed by atoms with Crippen LogP contribution in [-0.4, -0.2) is 24.1 Å². The molecule has 1 aromatic heterocycles. The zero-order chi connectivity index (χ0) is 11.7. The molecular formula is C13H17NO2. The van der Waals surface area contributed by atoms with Gasteiger partial charge in [0.05, 0.1) is 6.10 Å². The van der Waals surface area contributed by atoms with E-state index in [0.717, 1.165) is 41.8 Å². The number of carbonyl (C=O) groups is 1. The van der Waals surface area contributed by atoms with E-state index in [0.29, 0.717) is 0 Å². The number of nitrogens with zero attached hydrogens (tertiary/aromatic N) is 1. The zero-order valence-corrected chi connectivity index (χ0v) is 9.99. The molecule has 0 amide bonds. The van der Waals surface area contributed by atoms with Crippen LogP contribution in [0.2, 0.25) is 0 Å². The van der Waals surface area contributed by atoms with E-state index in [2.05, 4.69) is 23.6 Å². The van der Waals surface area contributed by atoms with Crippen molar-refractivity contribution >= 4 is 12.4 Å². The van der Waals surface area contributed by atoms with Gasteiger partial charge in [-0.1, -0.05) is 6.08 Å². The van der Waals surface area contributed by atoms with Gasteiger partial charge >= 0.3 is 0 Å². The molecule has 3 nitrogen and oxygen atoms in total. The fourth-order valence-electron chi connectivity index (χ4n) is 2.44. The Morgan fingerprint density at radius 1 is 1.62 bits per heavy atom. The van der Waals surface area contributed by atoms with Crippen LogP contribution in [0.15, 0.2) is 6.08 Å². The molecule has 0 aliphatic heterocycles. The Hall–Kier alpha value is -1.35. The maximum absolute atomic E-state index is 11.1. The van der Waals surface area contributed by atoms with Crippen LogP contribution < -0.4 is 0 Å². The van der Waals surface area contributed by atoms with Crippen LogP contribution in [0.3, 0.4) is 0 Å². The Balaban J connectivity index is 2.56. The molecule has 1 heterocycles. The van der Waals surface area contributed by atoms with Crippen molar-refractivity contribution < 1.29 is 9.53 Å². The van der Waals surface area contributed by atoms with Gasteiger partial charge in [-0.3, -0.25) is 4.79 Å². The second kappa shape index (κ2) is 4.26. The predicted molar refractivity (Wildman–Crippen MR) is 63.8 cm³/mol. The SMILES string of the molecule is CCn1c(C)c(C=O)c2c1C=CC(OC)C2. The van der Waals surface area contributed by atoms with Crippen molar-refractivity contribution in [2.45, 2.75) is 32.9 Å². The molecule has 1 atom stereocenters. The molecule has 0 aromatic carbocycles. The Morgan fingerprint density at radius 3 is 2.94 bits per heavy atom. The van der Waals surface area contributed by atoms with Gasteiger partial charge in [0.2, 0.25) is 0 Å². The Labute approximate surface area is 95.7 Å². The first-order valence-corrected chi connectivity index (χ1v) is 5.61. The molecule has 1 aliphatic rings. The summed E-state index contributed by atoms with van der Waals surface area (Å²) in [6.07, 6.45) is 5.98. The van der Waals surface area contributed by atoms with E-state index in [4.69, 9.17) is 4.74 Å². The number of rotatable bonds is 3. The lowest BCUT2D eigenvalue weighted by Gasteiger charge is -2.17. The molecule has 16 heavy (non-hydrogen) atoms. The van der Waals surface area contributed by atoms with Crippen molar-refractivity contribution in [3.05, 3.63) is 28.6 Å². The summed E-state index contributed by atoms with van der Waals surface area (Å²) in [5.74, 6) is 0. The molecule has 0 N–H and O–H groups in total. The maximum atomic E-state index is 11.1. The second-order valence-electron chi connectivity index (χ2n) is 4.06. The Bertz CT molecular complexity index is 443. The van der Waals surface area contributed by atoms with Crippen LogP contribution in [-0.2, 0) is 17.7 Å². The molecule has 0 saturated carbocycles. The molecule has 0 saturated heterocycles. The molecular weight excluding hydrogens is 202 g/mol. The standard InChI is InChI=1S/C13H17NO2/c1-4-14-9(2)12(8-15)11-7-10(16-3)5-6-13(11)14/h5-6,8,10H,4,7H2,1-3H3. The van der Waals surface area contributed by atoms with Crippen LogP contribution in [0.25, 0.3) is 6.08 Å². The average Bonchev–Trinajstić information content (AvgIpc) is 2.59. The fraction of sp³-hybridized carbons (Fsp3) is 0.462. The summed E-state index contributed by atoms with van der Waals surface area (Å²) in [6.45, 7) is 4.99. The van der Waals surface area contributed by atoms with Gasteiger partial charge in [-0.05, 0) is 25.5 Å². The summed E-state index contributed by atoms with van der Waals surface area (Å²) in [7, 11) is 1.70. The van der Waals surface area contributed by atoms with Crippen LogP contribution in [0.4, 0.5) is 0 Å². The molecule has 0 radical (unpaired) electrons. The summed E-state index contributed by atoms with van der Waals surface area (Å²) in [4.78, 5) is 11.1. The molecule has 2 rings (SSSR count). The Morgan fingerprint density at radius 2 is 2.38 bits per heavy atom. The zero-order valence-electron chi connectivity index (χ0n) is 9.99. The lowest BCUT2D eigenvalue weighted by Crippen LogP contribution is -2.15. The highest BCUT2D eigenvalue weighted by molar-refractivity contribution is 5.82. The van der Waals surface area contributed by atoms with E-state index in [-0.39, 0.29) is 6.10 Å². The highest BCUT2D eigenvalue weighted by atomic mass is 16.5. The predicted octanol–water partition coefficient (Wildman–Crippen LogP) is 2.21. The average molecular weight is 219 g/mol. The van der Waals surface area contributed by atoms with Crippen molar-refractivity contribution in [3.8, 4) is 0 Å². The Kier molecular flexibility index (Phi) is 2.97. The van der Waals surface area contributed by atoms with Gasteiger partial charge in [-0.2, -0.15) is 0 Å². The number of fused-ring (bicyclic) bond motifs is 1. The molecule has 1 aliphatic carbocycles. The van der Waals surface area contributed by atoms with Crippen LogP contribution in [0.1, 0.15) is 34.2 Å². The molecule has 1 aromatic rings. The molecule has 86 valence electrons. The normalized spacial score (nSPS) is 18.6. The van der Waals surface area contributed by atoms with Crippen molar-refractivity contribution in [2.24, 2.45) is 0 Å². The van der Waals surface area contributed by atoms with Crippen molar-refractivity contribution in [1.82, 2.24) is 4.57 Å². The lowest BCUT2D eigenvalue weighted by atomic mass is 9.98. The minimum atomic E-state index is 0.0957. The number of aldehydes is 1. The quantitative estimate of drug-likeness (QED) is 0.730. The van der Waals surface area contributed by atoms with Crippen molar-refractivity contribution in [2.75, 3.05) is 7.11 Å². The van der Waals surface area contributed by atoms with Gasteiger partial charge in [-0.25, -0.2) is 0 Å². The summed E-state index contributed by atoms with van der Waals surface area (Å²) in [6, 6.07) is 0. The van der Waals surface area contributed by atoms with E-state index in [1.54, 1.807) is 7.11 Å². The van der Waals surface area contributed by atoms with Gasteiger partial charge in [0.1, 0.15) is 0 Å². The smallest absolute Gasteiger partial charge is 0.152 e. The first kappa shape index (κ1) is 11.1. The van der Waals surface area contributed by atoms with Gasteiger partial charge in [-0.15, -0.1) is 0 Å². The van der Waals surface area contributed by atoms with Crippen LogP contribution in [0.5, 0.6) is 0 Å². The molecule has 0 spiro atoms. The number of hydrogen-bond acceptors (Lipinski definition) is 2. The lowest BCUT2D eigenvalue weighted by molar-refractivity contribution is 0.111. The molecule has 0 fully saturated rings. The second-order valence-corrected chi connectivity index (χ2v) is 4.06. The maximum Gasteiger partial charge on any atom is 0.152 e. The summed E-state index contributed by atoms with van der Waals surface area (Å²) < 4.78 is 7.50. The first-order valence-electron chi connectivity index (χ1n) is 5.61. The van der Waals surface area contributed by atoms with Gasteiger partial charge in [0, 0.05) is 37.0 Å². The van der Waals surface area contributed by atoms with Crippen LogP contribution in [0, 0.1) is 6.92 Å². The minimum absolute atomic E-state index is 0.0957. The number of carbonyl (C=O) groups excluding carboxylic acids is 1. The molecule has 3 heteroatoms. The molecule has 1 unspecified atom stereocenters. The van der Waals surface area contributed by atoms with Crippen molar-refractivity contribution in [1.29, 1.82) is 0 Å². The van der Waals surface area contributed by atoms with Gasteiger partial charge < -0.3 is 9.30 Å².